The van der Waals surface area contributed by atoms with Gasteiger partial charge in [0.05, 0.1) is 16.8 Å². The number of rotatable bonds is 3. The van der Waals surface area contributed by atoms with Gasteiger partial charge in [-0.15, -0.1) is 5.10 Å². The van der Waals surface area contributed by atoms with Gasteiger partial charge in [0.2, 0.25) is 15.0 Å². The maximum atomic E-state index is 13.6. The van der Waals surface area contributed by atoms with Gasteiger partial charge in [0.15, 0.2) is 5.65 Å². The lowest BCUT2D eigenvalue weighted by atomic mass is 10.1. The molecule has 0 spiro atoms. The minimum absolute atomic E-state index is 0.0761. The topological polar surface area (TPSA) is 104 Å². The first-order valence-electron chi connectivity index (χ1n) is 8.02. The van der Waals surface area contributed by atoms with Crippen molar-refractivity contribution in [2.45, 2.75) is 5.16 Å². The largest absolute Gasteiger partial charge is 0.383 e. The summed E-state index contributed by atoms with van der Waals surface area (Å²) in [7, 11) is -3.72. The lowest BCUT2D eigenvalue weighted by Crippen LogP contribution is -2.05. The normalized spacial score (nSPS) is 11.8. The Hall–Kier alpha value is -3.04. The zero-order valence-corrected chi connectivity index (χ0v) is 16.0. The number of sulfone groups is 1. The molecule has 0 atom stereocenters. The highest BCUT2D eigenvalue weighted by molar-refractivity contribution is 7.90. The molecule has 0 radical (unpaired) electrons. The van der Waals surface area contributed by atoms with Crippen LogP contribution in [-0.4, -0.2) is 34.4 Å². The molecule has 4 rings (SSSR count). The summed E-state index contributed by atoms with van der Waals surface area (Å²) < 4.78 is 39.1. The van der Waals surface area contributed by atoms with Crippen LogP contribution in [0.2, 0.25) is 5.02 Å². The fourth-order valence-corrected chi connectivity index (χ4v) is 3.51. The molecular weight excluding hydrogens is 405 g/mol. The van der Waals surface area contributed by atoms with E-state index >= 15 is 0 Å². The third-order valence-corrected chi connectivity index (χ3v) is 5.11. The van der Waals surface area contributed by atoms with Crippen molar-refractivity contribution in [3.63, 3.8) is 0 Å². The van der Waals surface area contributed by atoms with Gasteiger partial charge in [-0.3, -0.25) is 0 Å². The van der Waals surface area contributed by atoms with Gasteiger partial charge in [0, 0.05) is 16.8 Å². The standard InChI is InChI=1S/C18H13ClFN5O2S/c1-28(26,27)18-22-15(10-4-2-5-11(19)8-10)14-16(21)25(24-17(14)23-18)13-7-3-6-12(20)9-13/h2-9H,21H2,1H3. The van der Waals surface area contributed by atoms with Crippen LogP contribution in [-0.2, 0) is 9.84 Å². The predicted molar refractivity (Wildman–Crippen MR) is 105 cm³/mol. The van der Waals surface area contributed by atoms with Crippen LogP contribution in [0.1, 0.15) is 0 Å². The summed E-state index contributed by atoms with van der Waals surface area (Å²) in [5.74, 6) is -0.315. The second-order valence-electron chi connectivity index (χ2n) is 6.11. The van der Waals surface area contributed by atoms with E-state index in [4.69, 9.17) is 17.3 Å². The van der Waals surface area contributed by atoms with Crippen molar-refractivity contribution in [1.29, 1.82) is 0 Å². The lowest BCUT2D eigenvalue weighted by Gasteiger charge is -2.07. The Kier molecular flexibility index (Phi) is 4.28. The molecule has 0 aliphatic heterocycles. The highest BCUT2D eigenvalue weighted by Gasteiger charge is 2.22. The molecule has 0 amide bonds. The monoisotopic (exact) mass is 417 g/mol. The summed E-state index contributed by atoms with van der Waals surface area (Å²) in [6.07, 6.45) is 1.00. The molecule has 2 aromatic heterocycles. The molecule has 2 heterocycles. The maximum absolute atomic E-state index is 13.6. The Labute approximate surface area is 164 Å². The van der Waals surface area contributed by atoms with Gasteiger partial charge in [-0.1, -0.05) is 29.8 Å². The highest BCUT2D eigenvalue weighted by Crippen LogP contribution is 2.33. The predicted octanol–water partition coefficient (Wildman–Crippen LogP) is 3.26. The second kappa shape index (κ2) is 6.54. The average molecular weight is 418 g/mol. The van der Waals surface area contributed by atoms with Crippen LogP contribution < -0.4 is 5.73 Å². The van der Waals surface area contributed by atoms with Gasteiger partial charge in [-0.25, -0.2) is 22.5 Å². The Morgan fingerprint density at radius 2 is 1.86 bits per heavy atom. The van der Waals surface area contributed by atoms with Crippen LogP contribution in [0.4, 0.5) is 10.2 Å². The van der Waals surface area contributed by atoms with Crippen LogP contribution in [0, 0.1) is 5.82 Å². The summed E-state index contributed by atoms with van der Waals surface area (Å²) in [6, 6.07) is 12.4. The first-order valence-corrected chi connectivity index (χ1v) is 10.3. The number of anilines is 1. The fourth-order valence-electron chi connectivity index (χ4n) is 2.81. The molecule has 0 saturated heterocycles. The van der Waals surface area contributed by atoms with E-state index in [9.17, 15) is 12.8 Å². The summed E-state index contributed by atoms with van der Waals surface area (Å²) in [5, 5.41) is 4.68. The van der Waals surface area contributed by atoms with Crippen molar-refractivity contribution < 1.29 is 12.8 Å². The molecule has 0 aliphatic carbocycles. The first-order chi connectivity index (χ1) is 13.2. The quantitative estimate of drug-likeness (QED) is 0.513. The van der Waals surface area contributed by atoms with Gasteiger partial charge in [0.25, 0.3) is 0 Å². The summed E-state index contributed by atoms with van der Waals surface area (Å²) >= 11 is 6.08. The van der Waals surface area contributed by atoms with Crippen molar-refractivity contribution in [1.82, 2.24) is 19.7 Å². The van der Waals surface area contributed by atoms with Gasteiger partial charge >= 0.3 is 0 Å². The number of nitrogens with zero attached hydrogens (tertiary/aromatic N) is 4. The number of halogens is 2. The lowest BCUT2D eigenvalue weighted by molar-refractivity contribution is 0.593. The van der Waals surface area contributed by atoms with Gasteiger partial charge in [-0.05, 0) is 30.3 Å². The zero-order valence-electron chi connectivity index (χ0n) is 14.5. The number of hydrogen-bond acceptors (Lipinski definition) is 6. The van der Waals surface area contributed by atoms with Gasteiger partial charge < -0.3 is 5.73 Å². The van der Waals surface area contributed by atoms with Gasteiger partial charge in [0.1, 0.15) is 11.6 Å². The maximum Gasteiger partial charge on any atom is 0.249 e. The van der Waals surface area contributed by atoms with E-state index in [1.54, 1.807) is 30.3 Å². The molecule has 7 nitrogen and oxygen atoms in total. The minimum Gasteiger partial charge on any atom is -0.383 e. The molecule has 0 saturated carbocycles. The number of hydrogen-bond donors (Lipinski definition) is 1. The first kappa shape index (κ1) is 18.3. The number of nitrogens with two attached hydrogens (primary N) is 1. The molecule has 2 N–H and O–H groups in total. The summed E-state index contributed by atoms with van der Waals surface area (Å²) in [4.78, 5) is 8.25. The zero-order chi connectivity index (χ0) is 20.1. The van der Waals surface area contributed by atoms with Crippen LogP contribution in [0.25, 0.3) is 28.0 Å². The SMILES string of the molecule is CS(=O)(=O)c1nc(-c2cccc(Cl)c2)c2c(N)n(-c3cccc(F)c3)nc2n1. The molecule has 0 aliphatic rings. The number of benzene rings is 2. The number of fused-ring (bicyclic) bond motifs is 1. The average Bonchev–Trinajstić information content (AvgIpc) is 2.97. The van der Waals surface area contributed by atoms with E-state index in [0.29, 0.717) is 21.7 Å². The summed E-state index contributed by atoms with van der Waals surface area (Å²) in [6.45, 7) is 0. The molecule has 28 heavy (non-hydrogen) atoms. The van der Waals surface area contributed by atoms with E-state index in [1.165, 1.54) is 22.9 Å². The number of aromatic nitrogens is 4. The van der Waals surface area contributed by atoms with E-state index in [2.05, 4.69) is 15.1 Å². The molecular formula is C18H13ClFN5O2S. The minimum atomic E-state index is -3.72. The Morgan fingerprint density at radius 1 is 1.11 bits per heavy atom. The molecule has 0 unspecified atom stereocenters. The van der Waals surface area contributed by atoms with E-state index in [-0.39, 0.29) is 22.3 Å². The molecule has 2 aromatic carbocycles. The Morgan fingerprint density at radius 3 is 2.54 bits per heavy atom. The van der Waals surface area contributed by atoms with Crippen LogP contribution in [0.3, 0.4) is 0 Å². The van der Waals surface area contributed by atoms with Crippen LogP contribution in [0.15, 0.2) is 53.7 Å². The molecule has 10 heteroatoms. The molecule has 142 valence electrons. The Balaban J connectivity index is 2.09. The third-order valence-electron chi connectivity index (χ3n) is 4.03. The fraction of sp³-hybridized carbons (Fsp3) is 0.0556. The van der Waals surface area contributed by atoms with Crippen molar-refractivity contribution in [3.05, 3.63) is 59.4 Å². The Bertz CT molecular complexity index is 1340. The van der Waals surface area contributed by atoms with Crippen molar-refractivity contribution in [2.24, 2.45) is 0 Å². The smallest absolute Gasteiger partial charge is 0.249 e. The second-order valence-corrected chi connectivity index (χ2v) is 8.46. The van der Waals surface area contributed by atoms with Crippen molar-refractivity contribution in [2.75, 3.05) is 12.0 Å². The third kappa shape index (κ3) is 3.19. The molecule has 4 aromatic rings. The van der Waals surface area contributed by atoms with Crippen molar-refractivity contribution >= 4 is 38.3 Å². The van der Waals surface area contributed by atoms with Crippen LogP contribution in [0.5, 0.6) is 0 Å². The van der Waals surface area contributed by atoms with E-state index < -0.39 is 15.7 Å². The highest BCUT2D eigenvalue weighted by atomic mass is 35.5. The van der Waals surface area contributed by atoms with E-state index in [0.717, 1.165) is 6.26 Å². The molecule has 0 fully saturated rings. The summed E-state index contributed by atoms with van der Waals surface area (Å²) in [5.41, 5.74) is 7.54. The molecule has 0 bridgehead atoms. The van der Waals surface area contributed by atoms with E-state index in [1.807, 2.05) is 0 Å². The van der Waals surface area contributed by atoms with Crippen molar-refractivity contribution in [3.8, 4) is 16.9 Å². The van der Waals surface area contributed by atoms with Crippen LogP contribution >= 0.6 is 11.6 Å². The number of nitrogen functional groups attached to an aromatic ring is 1. The van der Waals surface area contributed by atoms with Gasteiger partial charge in [-0.2, -0.15) is 4.98 Å².